The third-order valence-electron chi connectivity index (χ3n) is 4.14. The number of sulfone groups is 1. The van der Waals surface area contributed by atoms with Crippen molar-refractivity contribution in [2.75, 3.05) is 31.1 Å². The second-order valence-electron chi connectivity index (χ2n) is 6.17. The van der Waals surface area contributed by atoms with E-state index in [0.29, 0.717) is 6.42 Å². The normalized spacial score (nSPS) is 25.9. The van der Waals surface area contributed by atoms with Crippen molar-refractivity contribution >= 4 is 21.8 Å². The summed E-state index contributed by atoms with van der Waals surface area (Å²) in [7, 11) is -3.04. The molecule has 3 amide bonds. The zero-order chi connectivity index (χ0) is 16.0. The number of nitrogens with one attached hydrogen (secondary N) is 2. The number of amides is 3. The van der Waals surface area contributed by atoms with E-state index >= 15 is 0 Å². The van der Waals surface area contributed by atoms with Crippen LogP contribution in [-0.4, -0.2) is 62.4 Å². The minimum atomic E-state index is -3.04. The van der Waals surface area contributed by atoms with E-state index in [1.165, 1.54) is 19.3 Å². The van der Waals surface area contributed by atoms with Crippen LogP contribution in [0.25, 0.3) is 0 Å². The van der Waals surface area contributed by atoms with E-state index < -0.39 is 15.9 Å². The molecule has 1 unspecified atom stereocenters. The zero-order valence-corrected chi connectivity index (χ0v) is 13.7. The van der Waals surface area contributed by atoms with Crippen molar-refractivity contribution in [3.8, 4) is 0 Å². The van der Waals surface area contributed by atoms with Gasteiger partial charge in [0.15, 0.2) is 9.84 Å². The van der Waals surface area contributed by atoms with Crippen molar-refractivity contribution in [2.24, 2.45) is 0 Å². The molecule has 2 N–H and O–H groups in total. The first-order valence-electron chi connectivity index (χ1n) is 7.98. The van der Waals surface area contributed by atoms with E-state index in [2.05, 4.69) is 15.5 Å². The molecule has 0 radical (unpaired) electrons. The molecular formula is C14H25N3O4S. The second-order valence-corrected chi connectivity index (χ2v) is 8.39. The lowest BCUT2D eigenvalue weighted by Crippen LogP contribution is -2.48. The molecule has 0 spiro atoms. The molecule has 0 saturated carbocycles. The van der Waals surface area contributed by atoms with Crippen LogP contribution in [0.2, 0.25) is 0 Å². The standard InChI is InChI=1S/C14H25N3O4S/c18-13(10-17-7-4-2-1-3-5-8-17)16-14(19)15-12-6-9-22(20,21)11-12/h12H,1-11H2,(H2,15,16,18,19). The van der Waals surface area contributed by atoms with Crippen LogP contribution in [0.5, 0.6) is 0 Å². The number of carbonyl (C=O) groups is 2. The van der Waals surface area contributed by atoms with Crippen LogP contribution >= 0.6 is 0 Å². The molecule has 2 aliphatic heterocycles. The van der Waals surface area contributed by atoms with Gasteiger partial charge in [-0.3, -0.25) is 15.0 Å². The summed E-state index contributed by atoms with van der Waals surface area (Å²) in [6.45, 7) is 1.99. The van der Waals surface area contributed by atoms with Gasteiger partial charge in [-0.15, -0.1) is 0 Å². The quantitative estimate of drug-likeness (QED) is 0.774. The topological polar surface area (TPSA) is 95.6 Å². The van der Waals surface area contributed by atoms with Crippen molar-refractivity contribution in [2.45, 2.75) is 44.6 Å². The lowest BCUT2D eigenvalue weighted by molar-refractivity contribution is -0.121. The summed E-state index contributed by atoms with van der Waals surface area (Å²) in [5, 5.41) is 4.85. The Kier molecular flexibility index (Phi) is 6.19. The lowest BCUT2D eigenvalue weighted by atomic mass is 10.1. The molecule has 8 heteroatoms. The minimum Gasteiger partial charge on any atom is -0.334 e. The maximum atomic E-state index is 11.9. The second kappa shape index (κ2) is 7.92. The van der Waals surface area contributed by atoms with Crippen LogP contribution < -0.4 is 10.6 Å². The number of imide groups is 1. The fraction of sp³-hybridized carbons (Fsp3) is 0.857. The highest BCUT2D eigenvalue weighted by atomic mass is 32.2. The maximum absolute atomic E-state index is 11.9. The van der Waals surface area contributed by atoms with Gasteiger partial charge in [-0.05, 0) is 32.4 Å². The fourth-order valence-electron chi connectivity index (χ4n) is 2.97. The number of urea groups is 1. The molecule has 2 rings (SSSR count). The fourth-order valence-corrected chi connectivity index (χ4v) is 4.64. The van der Waals surface area contributed by atoms with E-state index in [0.717, 1.165) is 25.9 Å². The summed E-state index contributed by atoms with van der Waals surface area (Å²) in [4.78, 5) is 25.7. The Balaban J connectivity index is 1.70. The van der Waals surface area contributed by atoms with E-state index in [4.69, 9.17) is 0 Å². The smallest absolute Gasteiger partial charge is 0.321 e. The Bertz CT molecular complexity index is 498. The number of carbonyl (C=O) groups excluding carboxylic acids is 2. The van der Waals surface area contributed by atoms with Crippen molar-refractivity contribution in [3.63, 3.8) is 0 Å². The minimum absolute atomic E-state index is 0.0409. The SMILES string of the molecule is O=C(CN1CCCCCCC1)NC(=O)NC1CCS(=O)(=O)C1. The van der Waals surface area contributed by atoms with Gasteiger partial charge in [-0.1, -0.05) is 19.3 Å². The number of nitrogens with zero attached hydrogens (tertiary/aromatic N) is 1. The average Bonchev–Trinajstić information content (AvgIpc) is 2.71. The summed E-state index contributed by atoms with van der Waals surface area (Å²) >= 11 is 0. The van der Waals surface area contributed by atoms with Crippen molar-refractivity contribution < 1.29 is 18.0 Å². The summed E-state index contributed by atoms with van der Waals surface area (Å²) in [5.41, 5.74) is 0. The van der Waals surface area contributed by atoms with Gasteiger partial charge in [-0.2, -0.15) is 0 Å². The van der Waals surface area contributed by atoms with Crippen LogP contribution in [0.15, 0.2) is 0 Å². The van der Waals surface area contributed by atoms with Gasteiger partial charge < -0.3 is 5.32 Å². The molecule has 0 aromatic heterocycles. The number of hydrogen-bond acceptors (Lipinski definition) is 5. The number of likely N-dealkylation sites (tertiary alicyclic amines) is 1. The van der Waals surface area contributed by atoms with Gasteiger partial charge >= 0.3 is 6.03 Å². The van der Waals surface area contributed by atoms with E-state index in [1.807, 2.05) is 0 Å². The Morgan fingerprint density at radius 2 is 1.68 bits per heavy atom. The summed E-state index contributed by atoms with van der Waals surface area (Å²) < 4.78 is 22.6. The molecule has 0 aromatic rings. The zero-order valence-electron chi connectivity index (χ0n) is 12.8. The Morgan fingerprint density at radius 1 is 1.05 bits per heavy atom. The highest BCUT2D eigenvalue weighted by molar-refractivity contribution is 7.91. The van der Waals surface area contributed by atoms with Crippen molar-refractivity contribution in [1.29, 1.82) is 0 Å². The highest BCUT2D eigenvalue weighted by Crippen LogP contribution is 2.11. The van der Waals surface area contributed by atoms with Crippen LogP contribution in [0.4, 0.5) is 4.79 Å². The Labute approximate surface area is 131 Å². The third kappa shape index (κ3) is 5.92. The van der Waals surface area contributed by atoms with Gasteiger partial charge in [0.2, 0.25) is 5.91 Å². The predicted molar refractivity (Wildman–Crippen MR) is 83.3 cm³/mol. The molecule has 22 heavy (non-hydrogen) atoms. The summed E-state index contributed by atoms with van der Waals surface area (Å²) in [6, 6.07) is -0.987. The van der Waals surface area contributed by atoms with Gasteiger partial charge in [0.1, 0.15) is 0 Å². The predicted octanol–water partition coefficient (Wildman–Crippen LogP) is 0.265. The first kappa shape index (κ1) is 17.2. The van der Waals surface area contributed by atoms with Crippen LogP contribution in [0.3, 0.4) is 0 Å². The average molecular weight is 331 g/mol. The number of hydrogen-bond donors (Lipinski definition) is 2. The van der Waals surface area contributed by atoms with Crippen molar-refractivity contribution in [1.82, 2.24) is 15.5 Å². The Morgan fingerprint density at radius 3 is 2.27 bits per heavy atom. The van der Waals surface area contributed by atoms with Gasteiger partial charge in [0.05, 0.1) is 18.1 Å². The monoisotopic (exact) mass is 331 g/mol. The first-order chi connectivity index (χ1) is 10.4. The Hall–Kier alpha value is -1.15. The van der Waals surface area contributed by atoms with Gasteiger partial charge in [0, 0.05) is 6.04 Å². The third-order valence-corrected chi connectivity index (χ3v) is 5.90. The summed E-state index contributed by atoms with van der Waals surface area (Å²) in [5.74, 6) is -0.278. The molecular weight excluding hydrogens is 306 g/mol. The van der Waals surface area contributed by atoms with Crippen LogP contribution in [0.1, 0.15) is 38.5 Å². The molecule has 0 aromatic carbocycles. The van der Waals surface area contributed by atoms with Crippen LogP contribution in [0, 0.1) is 0 Å². The molecule has 1 atom stereocenters. The molecule has 2 aliphatic rings. The van der Waals surface area contributed by atoms with Gasteiger partial charge in [0.25, 0.3) is 0 Å². The molecule has 2 saturated heterocycles. The maximum Gasteiger partial charge on any atom is 0.321 e. The van der Waals surface area contributed by atoms with E-state index in [9.17, 15) is 18.0 Å². The van der Waals surface area contributed by atoms with Crippen LogP contribution in [-0.2, 0) is 14.6 Å². The molecule has 0 aliphatic carbocycles. The molecule has 2 fully saturated rings. The van der Waals surface area contributed by atoms with Crippen molar-refractivity contribution in [3.05, 3.63) is 0 Å². The lowest BCUT2D eigenvalue weighted by Gasteiger charge is -2.23. The number of rotatable bonds is 3. The summed E-state index contributed by atoms with van der Waals surface area (Å²) in [6.07, 6.45) is 6.21. The largest absolute Gasteiger partial charge is 0.334 e. The molecule has 126 valence electrons. The van der Waals surface area contributed by atoms with E-state index in [1.54, 1.807) is 0 Å². The highest BCUT2D eigenvalue weighted by Gasteiger charge is 2.29. The molecule has 2 heterocycles. The van der Waals surface area contributed by atoms with Gasteiger partial charge in [-0.25, -0.2) is 13.2 Å². The molecule has 0 bridgehead atoms. The molecule has 7 nitrogen and oxygen atoms in total. The first-order valence-corrected chi connectivity index (χ1v) is 9.80. The van der Waals surface area contributed by atoms with E-state index in [-0.39, 0.29) is 30.0 Å².